The van der Waals surface area contributed by atoms with Gasteiger partial charge in [0.15, 0.2) is 0 Å². The summed E-state index contributed by atoms with van der Waals surface area (Å²) >= 11 is 1.53. The van der Waals surface area contributed by atoms with E-state index in [1.165, 1.54) is 24.4 Å². The Labute approximate surface area is 120 Å². The molecule has 1 aromatic rings. The predicted molar refractivity (Wildman–Crippen MR) is 80.0 cm³/mol. The number of nitrogens with zero attached hydrogens (tertiary/aromatic N) is 3. The van der Waals surface area contributed by atoms with Crippen LogP contribution < -0.4 is 4.90 Å². The normalized spacial score (nSPS) is 20.8. The second kappa shape index (κ2) is 6.18. The van der Waals surface area contributed by atoms with Crippen molar-refractivity contribution in [1.82, 2.24) is 9.36 Å². The molecule has 4 nitrogen and oxygen atoms in total. The largest absolute Gasteiger partial charge is 0.381 e. The molecule has 1 unspecified atom stereocenters. The van der Waals surface area contributed by atoms with Crippen molar-refractivity contribution in [3.8, 4) is 0 Å². The van der Waals surface area contributed by atoms with Crippen LogP contribution in [0, 0.1) is 5.92 Å². The van der Waals surface area contributed by atoms with Crippen LogP contribution in [0.3, 0.4) is 0 Å². The molecule has 5 heteroatoms. The van der Waals surface area contributed by atoms with Gasteiger partial charge in [-0.2, -0.15) is 4.37 Å². The van der Waals surface area contributed by atoms with Crippen LogP contribution in [0.1, 0.15) is 46.4 Å². The van der Waals surface area contributed by atoms with Gasteiger partial charge in [-0.15, -0.1) is 0 Å². The number of piperidine rings is 1. The van der Waals surface area contributed by atoms with Crippen LogP contribution >= 0.6 is 11.5 Å². The minimum atomic E-state index is 0.0370. The number of hydrogen-bond acceptors (Lipinski definition) is 5. The van der Waals surface area contributed by atoms with Crippen molar-refractivity contribution in [3.05, 3.63) is 5.82 Å². The molecule has 1 aliphatic heterocycles. The summed E-state index contributed by atoms with van der Waals surface area (Å²) in [5.41, 5.74) is 0.0370. The van der Waals surface area contributed by atoms with E-state index in [1.54, 1.807) is 0 Å². The molecule has 2 rings (SSSR count). The number of anilines is 1. The van der Waals surface area contributed by atoms with Gasteiger partial charge in [0.05, 0.1) is 6.61 Å². The molecular formula is C14H25N3OS. The summed E-state index contributed by atoms with van der Waals surface area (Å²) in [4.78, 5) is 7.09. The van der Waals surface area contributed by atoms with Gasteiger partial charge in [-0.3, -0.25) is 0 Å². The highest BCUT2D eigenvalue weighted by Gasteiger charge is 2.25. The monoisotopic (exact) mass is 283 g/mol. The van der Waals surface area contributed by atoms with Crippen LogP contribution in [0.5, 0.6) is 0 Å². The highest BCUT2D eigenvalue weighted by Crippen LogP contribution is 2.28. The molecule has 1 saturated heterocycles. The van der Waals surface area contributed by atoms with Gasteiger partial charge >= 0.3 is 0 Å². The number of aromatic nitrogens is 2. The van der Waals surface area contributed by atoms with E-state index in [4.69, 9.17) is 9.72 Å². The molecule has 0 radical (unpaired) electrons. The predicted octanol–water partition coefficient (Wildman–Crippen LogP) is 3.09. The van der Waals surface area contributed by atoms with Gasteiger partial charge in [-0.1, -0.05) is 20.8 Å². The fourth-order valence-electron chi connectivity index (χ4n) is 2.31. The van der Waals surface area contributed by atoms with E-state index in [9.17, 15) is 0 Å². The lowest BCUT2D eigenvalue weighted by Gasteiger charge is -2.32. The Bertz CT molecular complexity index is 400. The number of hydrogen-bond donors (Lipinski definition) is 0. The van der Waals surface area contributed by atoms with Gasteiger partial charge in [-0.25, -0.2) is 4.98 Å². The maximum Gasteiger partial charge on any atom is 0.205 e. The maximum atomic E-state index is 5.56. The molecule has 19 heavy (non-hydrogen) atoms. The Balaban J connectivity index is 1.99. The smallest absolute Gasteiger partial charge is 0.205 e. The van der Waals surface area contributed by atoms with Crippen LogP contribution in [-0.2, 0) is 10.2 Å². The topological polar surface area (TPSA) is 38.2 Å². The standard InChI is InChI=1S/C14H25N3OS/c1-5-18-10-11-7-6-8-17(9-11)13-15-12(16-19-13)14(2,3)4/h11H,5-10H2,1-4H3. The van der Waals surface area contributed by atoms with Crippen LogP contribution in [0.4, 0.5) is 5.13 Å². The second-order valence-electron chi connectivity index (χ2n) is 6.26. The first kappa shape index (κ1) is 14.7. The molecule has 0 spiro atoms. The molecule has 0 bridgehead atoms. The molecular weight excluding hydrogens is 258 g/mol. The lowest BCUT2D eigenvalue weighted by Crippen LogP contribution is -2.37. The average molecular weight is 283 g/mol. The molecule has 1 aromatic heterocycles. The number of ether oxygens (including phenoxy) is 1. The van der Waals surface area contributed by atoms with Crippen molar-refractivity contribution >= 4 is 16.7 Å². The van der Waals surface area contributed by atoms with Crippen molar-refractivity contribution in [2.45, 2.75) is 46.0 Å². The third-order valence-electron chi connectivity index (χ3n) is 3.43. The molecule has 0 saturated carbocycles. The first-order chi connectivity index (χ1) is 9.00. The second-order valence-corrected chi connectivity index (χ2v) is 6.99. The zero-order chi connectivity index (χ0) is 13.9. The van der Waals surface area contributed by atoms with E-state index >= 15 is 0 Å². The Morgan fingerprint density at radius 1 is 1.42 bits per heavy atom. The minimum absolute atomic E-state index is 0.0370. The molecule has 108 valence electrons. The fourth-order valence-corrected chi connectivity index (χ4v) is 3.20. The van der Waals surface area contributed by atoms with Crippen molar-refractivity contribution in [1.29, 1.82) is 0 Å². The summed E-state index contributed by atoms with van der Waals surface area (Å²) in [5.74, 6) is 1.59. The quantitative estimate of drug-likeness (QED) is 0.851. The SMILES string of the molecule is CCOCC1CCCN(c2nc(C(C)(C)C)ns2)C1. The van der Waals surface area contributed by atoms with Gasteiger partial charge < -0.3 is 9.64 Å². The van der Waals surface area contributed by atoms with Gasteiger partial charge in [0.2, 0.25) is 5.13 Å². The van der Waals surface area contributed by atoms with E-state index in [1.807, 2.05) is 0 Å². The Morgan fingerprint density at radius 2 is 2.21 bits per heavy atom. The van der Waals surface area contributed by atoms with Crippen molar-refractivity contribution in [3.63, 3.8) is 0 Å². The summed E-state index contributed by atoms with van der Waals surface area (Å²) in [6, 6.07) is 0. The minimum Gasteiger partial charge on any atom is -0.381 e. The zero-order valence-electron chi connectivity index (χ0n) is 12.5. The van der Waals surface area contributed by atoms with Crippen LogP contribution in [0.2, 0.25) is 0 Å². The summed E-state index contributed by atoms with van der Waals surface area (Å²) in [6.07, 6.45) is 2.49. The van der Waals surface area contributed by atoms with Crippen molar-refractivity contribution in [2.75, 3.05) is 31.2 Å². The van der Waals surface area contributed by atoms with E-state index in [-0.39, 0.29) is 5.41 Å². The maximum absolute atomic E-state index is 5.56. The van der Waals surface area contributed by atoms with Crippen molar-refractivity contribution < 1.29 is 4.74 Å². The van der Waals surface area contributed by atoms with Gasteiger partial charge in [0, 0.05) is 36.6 Å². The van der Waals surface area contributed by atoms with Gasteiger partial charge in [0.1, 0.15) is 5.82 Å². The highest BCUT2D eigenvalue weighted by molar-refractivity contribution is 7.09. The van der Waals surface area contributed by atoms with Crippen molar-refractivity contribution in [2.24, 2.45) is 5.92 Å². The molecule has 0 N–H and O–H groups in total. The molecule has 0 aliphatic carbocycles. The van der Waals surface area contributed by atoms with Gasteiger partial charge in [-0.05, 0) is 25.7 Å². The fraction of sp³-hybridized carbons (Fsp3) is 0.857. The summed E-state index contributed by atoms with van der Waals surface area (Å²) in [7, 11) is 0. The molecule has 2 heterocycles. The molecule has 0 amide bonds. The molecule has 0 aromatic carbocycles. The summed E-state index contributed by atoms with van der Waals surface area (Å²) < 4.78 is 10.1. The van der Waals surface area contributed by atoms with E-state index in [0.29, 0.717) is 5.92 Å². The number of rotatable bonds is 4. The lowest BCUT2D eigenvalue weighted by atomic mass is 9.96. The van der Waals surface area contributed by atoms with E-state index in [2.05, 4.69) is 37.0 Å². The Morgan fingerprint density at radius 3 is 2.84 bits per heavy atom. The molecule has 1 fully saturated rings. The zero-order valence-corrected chi connectivity index (χ0v) is 13.3. The third kappa shape index (κ3) is 3.89. The van der Waals surface area contributed by atoms with E-state index in [0.717, 1.165) is 37.3 Å². The average Bonchev–Trinajstić information content (AvgIpc) is 2.86. The third-order valence-corrected chi connectivity index (χ3v) is 4.21. The first-order valence-corrected chi connectivity index (χ1v) is 7.95. The van der Waals surface area contributed by atoms with Crippen LogP contribution in [-0.4, -0.2) is 35.7 Å². The molecule has 1 atom stereocenters. The first-order valence-electron chi connectivity index (χ1n) is 7.17. The van der Waals surface area contributed by atoms with Crippen LogP contribution in [0.15, 0.2) is 0 Å². The van der Waals surface area contributed by atoms with Gasteiger partial charge in [0.25, 0.3) is 0 Å². The lowest BCUT2D eigenvalue weighted by molar-refractivity contribution is 0.104. The molecule has 1 aliphatic rings. The van der Waals surface area contributed by atoms with E-state index < -0.39 is 0 Å². The van der Waals surface area contributed by atoms with Crippen LogP contribution in [0.25, 0.3) is 0 Å². The Hall–Kier alpha value is -0.680. The highest BCUT2D eigenvalue weighted by atomic mass is 32.1. The summed E-state index contributed by atoms with van der Waals surface area (Å²) in [5, 5.41) is 1.08. The summed E-state index contributed by atoms with van der Waals surface area (Å²) in [6.45, 7) is 12.4. The Kier molecular flexibility index (Phi) is 4.79.